The molecule has 1 aromatic carbocycles. The van der Waals surface area contributed by atoms with Crippen LogP contribution < -0.4 is 0 Å². The highest BCUT2D eigenvalue weighted by molar-refractivity contribution is 5.94. The van der Waals surface area contributed by atoms with Crippen molar-refractivity contribution in [2.45, 2.75) is 26.0 Å². The number of nitrogens with zero attached hydrogens (tertiary/aromatic N) is 3. The summed E-state index contributed by atoms with van der Waals surface area (Å²) in [5, 5.41) is 9.87. The number of carbonyl (C=O) groups excluding carboxylic acids is 1. The number of piperazine rings is 1. The number of rotatable bonds is 5. The van der Waals surface area contributed by atoms with E-state index in [9.17, 15) is 9.90 Å². The van der Waals surface area contributed by atoms with Crippen LogP contribution in [0.15, 0.2) is 24.3 Å². The Morgan fingerprint density at radius 2 is 1.91 bits per heavy atom. The van der Waals surface area contributed by atoms with Crippen molar-refractivity contribution < 1.29 is 9.90 Å². The molecular weight excluding hydrogens is 290 g/mol. The summed E-state index contributed by atoms with van der Waals surface area (Å²) in [6, 6.07) is 7.83. The fraction of sp³-hybridized carbons (Fsp3) is 0.611. The SMILES string of the molecule is CN1CCN(Cc2cccc(C(=O)N(C)CC(C)(C)O)c2)CC1. The van der Waals surface area contributed by atoms with Crippen LogP contribution >= 0.6 is 0 Å². The summed E-state index contributed by atoms with van der Waals surface area (Å²) in [6.07, 6.45) is 0. The largest absolute Gasteiger partial charge is 0.389 e. The van der Waals surface area contributed by atoms with Crippen LogP contribution in [0.4, 0.5) is 0 Å². The van der Waals surface area contributed by atoms with E-state index in [-0.39, 0.29) is 5.91 Å². The molecule has 2 rings (SSSR count). The quantitative estimate of drug-likeness (QED) is 0.888. The Morgan fingerprint density at radius 1 is 1.26 bits per heavy atom. The summed E-state index contributed by atoms with van der Waals surface area (Å²) in [6.45, 7) is 8.92. The fourth-order valence-corrected chi connectivity index (χ4v) is 2.94. The Morgan fingerprint density at radius 3 is 2.52 bits per heavy atom. The molecule has 0 aliphatic carbocycles. The molecule has 1 N–H and O–H groups in total. The van der Waals surface area contributed by atoms with Crippen LogP contribution in [0.25, 0.3) is 0 Å². The van der Waals surface area contributed by atoms with Crippen molar-refractivity contribution in [3.63, 3.8) is 0 Å². The molecule has 1 heterocycles. The number of amides is 1. The molecule has 0 atom stereocenters. The molecule has 1 aliphatic rings. The van der Waals surface area contributed by atoms with Crippen LogP contribution in [0.1, 0.15) is 29.8 Å². The zero-order chi connectivity index (χ0) is 17.0. The second kappa shape index (κ2) is 7.43. The maximum Gasteiger partial charge on any atom is 0.253 e. The van der Waals surface area contributed by atoms with Crippen LogP contribution in [-0.2, 0) is 6.54 Å². The third-order valence-electron chi connectivity index (χ3n) is 4.15. The van der Waals surface area contributed by atoms with Crippen molar-refractivity contribution in [1.82, 2.24) is 14.7 Å². The minimum atomic E-state index is -0.887. The third-order valence-corrected chi connectivity index (χ3v) is 4.15. The van der Waals surface area contributed by atoms with Gasteiger partial charge < -0.3 is 14.9 Å². The lowest BCUT2D eigenvalue weighted by Crippen LogP contribution is -2.43. The Balaban J connectivity index is 2.00. The van der Waals surface area contributed by atoms with E-state index in [0.29, 0.717) is 12.1 Å². The highest BCUT2D eigenvalue weighted by Gasteiger charge is 2.21. The van der Waals surface area contributed by atoms with Gasteiger partial charge in [-0.3, -0.25) is 9.69 Å². The van der Waals surface area contributed by atoms with E-state index in [0.717, 1.165) is 38.3 Å². The van der Waals surface area contributed by atoms with Gasteiger partial charge in [0.2, 0.25) is 0 Å². The molecule has 1 aromatic rings. The summed E-state index contributed by atoms with van der Waals surface area (Å²) in [5.74, 6) is -0.0487. The second-order valence-electron chi connectivity index (χ2n) is 7.25. The van der Waals surface area contributed by atoms with E-state index in [2.05, 4.69) is 22.9 Å². The molecule has 1 aliphatic heterocycles. The van der Waals surface area contributed by atoms with Crippen molar-refractivity contribution in [3.8, 4) is 0 Å². The topological polar surface area (TPSA) is 47.0 Å². The molecule has 0 spiro atoms. The van der Waals surface area contributed by atoms with Crippen LogP contribution in [0.5, 0.6) is 0 Å². The normalized spacial score (nSPS) is 17.3. The number of carbonyl (C=O) groups is 1. The van der Waals surface area contributed by atoms with Gasteiger partial charge >= 0.3 is 0 Å². The summed E-state index contributed by atoms with van der Waals surface area (Å²) < 4.78 is 0. The first-order valence-corrected chi connectivity index (χ1v) is 8.22. The van der Waals surface area contributed by atoms with Crippen molar-refractivity contribution in [1.29, 1.82) is 0 Å². The molecule has 0 aromatic heterocycles. The highest BCUT2D eigenvalue weighted by Crippen LogP contribution is 2.13. The maximum atomic E-state index is 12.5. The van der Waals surface area contributed by atoms with Crippen LogP contribution in [-0.4, -0.2) is 78.1 Å². The van der Waals surface area contributed by atoms with Gasteiger partial charge in [0.15, 0.2) is 0 Å². The minimum absolute atomic E-state index is 0.0487. The first-order chi connectivity index (χ1) is 10.7. The lowest BCUT2D eigenvalue weighted by Gasteiger charge is -2.32. The first-order valence-electron chi connectivity index (χ1n) is 8.22. The molecular formula is C18H29N3O2. The average Bonchev–Trinajstić information content (AvgIpc) is 2.47. The van der Waals surface area contributed by atoms with Gasteiger partial charge in [0.05, 0.1) is 5.60 Å². The van der Waals surface area contributed by atoms with Crippen molar-refractivity contribution in [2.24, 2.45) is 0 Å². The van der Waals surface area contributed by atoms with E-state index in [1.807, 2.05) is 18.2 Å². The van der Waals surface area contributed by atoms with Gasteiger partial charge in [-0.15, -0.1) is 0 Å². The molecule has 1 fully saturated rings. The fourth-order valence-electron chi connectivity index (χ4n) is 2.94. The minimum Gasteiger partial charge on any atom is -0.389 e. The zero-order valence-electron chi connectivity index (χ0n) is 14.7. The molecule has 5 heteroatoms. The predicted molar refractivity (Wildman–Crippen MR) is 92.5 cm³/mol. The van der Waals surface area contributed by atoms with Gasteiger partial charge in [-0.2, -0.15) is 0 Å². The molecule has 1 amide bonds. The number of aliphatic hydroxyl groups is 1. The van der Waals surface area contributed by atoms with E-state index in [4.69, 9.17) is 0 Å². The van der Waals surface area contributed by atoms with E-state index in [1.54, 1.807) is 25.8 Å². The molecule has 1 saturated heterocycles. The number of benzene rings is 1. The molecule has 0 bridgehead atoms. The van der Waals surface area contributed by atoms with Gasteiger partial charge in [0.25, 0.3) is 5.91 Å². The van der Waals surface area contributed by atoms with Crippen molar-refractivity contribution in [3.05, 3.63) is 35.4 Å². The second-order valence-corrected chi connectivity index (χ2v) is 7.25. The van der Waals surface area contributed by atoms with Gasteiger partial charge in [-0.05, 0) is 38.6 Å². The Labute approximate surface area is 139 Å². The van der Waals surface area contributed by atoms with E-state index in [1.165, 1.54) is 0 Å². The molecule has 0 radical (unpaired) electrons. The van der Waals surface area contributed by atoms with Crippen molar-refractivity contribution >= 4 is 5.91 Å². The van der Waals surface area contributed by atoms with Crippen LogP contribution in [0, 0.1) is 0 Å². The predicted octanol–water partition coefficient (Wildman–Crippen LogP) is 1.28. The molecule has 0 unspecified atom stereocenters. The van der Waals surface area contributed by atoms with Gasteiger partial charge in [-0.1, -0.05) is 12.1 Å². The van der Waals surface area contributed by atoms with Gasteiger partial charge in [-0.25, -0.2) is 0 Å². The number of hydrogen-bond acceptors (Lipinski definition) is 4. The summed E-state index contributed by atoms with van der Waals surface area (Å²) in [5.41, 5.74) is 0.961. The monoisotopic (exact) mass is 319 g/mol. The first kappa shape index (κ1) is 17.9. The summed E-state index contributed by atoms with van der Waals surface area (Å²) in [7, 11) is 3.88. The zero-order valence-corrected chi connectivity index (χ0v) is 14.7. The lowest BCUT2D eigenvalue weighted by molar-refractivity contribution is 0.0368. The molecule has 128 valence electrons. The Hall–Kier alpha value is -1.43. The number of hydrogen-bond donors (Lipinski definition) is 1. The standard InChI is InChI=1S/C18H29N3O2/c1-18(2,23)14-20(4)17(22)16-7-5-6-15(12-16)13-21-10-8-19(3)9-11-21/h5-7,12,23H,8-11,13-14H2,1-4H3. The molecule has 23 heavy (non-hydrogen) atoms. The van der Waals surface area contributed by atoms with Gasteiger partial charge in [0.1, 0.15) is 0 Å². The summed E-state index contributed by atoms with van der Waals surface area (Å²) in [4.78, 5) is 18.8. The van der Waals surface area contributed by atoms with Crippen LogP contribution in [0.3, 0.4) is 0 Å². The molecule has 0 saturated carbocycles. The lowest BCUT2D eigenvalue weighted by atomic mass is 10.1. The summed E-state index contributed by atoms with van der Waals surface area (Å²) >= 11 is 0. The van der Waals surface area contributed by atoms with Gasteiger partial charge in [0, 0.05) is 51.9 Å². The van der Waals surface area contributed by atoms with Crippen molar-refractivity contribution in [2.75, 3.05) is 46.8 Å². The van der Waals surface area contributed by atoms with E-state index < -0.39 is 5.60 Å². The molecule has 5 nitrogen and oxygen atoms in total. The average molecular weight is 319 g/mol. The van der Waals surface area contributed by atoms with Crippen LogP contribution in [0.2, 0.25) is 0 Å². The smallest absolute Gasteiger partial charge is 0.253 e. The van der Waals surface area contributed by atoms with E-state index >= 15 is 0 Å². The maximum absolute atomic E-state index is 12.5. The third kappa shape index (κ3) is 5.61. The number of likely N-dealkylation sites (N-methyl/N-ethyl adjacent to an activating group) is 2. The Bertz CT molecular complexity index is 531. The highest BCUT2D eigenvalue weighted by atomic mass is 16.3. The Kier molecular flexibility index (Phi) is 5.79.